The van der Waals surface area contributed by atoms with Gasteiger partial charge in [-0.15, -0.1) is 0 Å². The molecule has 0 fully saturated rings. The number of fused-ring (bicyclic) bond motifs is 1. The molecule has 2 aromatic carbocycles. The minimum Gasteiger partial charge on any atom is -0.458 e. The molecule has 0 N–H and O–H groups in total. The van der Waals surface area contributed by atoms with Gasteiger partial charge >= 0.3 is 5.97 Å². The summed E-state index contributed by atoms with van der Waals surface area (Å²) >= 11 is 0. The van der Waals surface area contributed by atoms with Gasteiger partial charge in [-0.3, -0.25) is 19.3 Å². The number of carbonyl (C=O) groups excluding carboxylic acids is 3. The lowest BCUT2D eigenvalue weighted by Crippen LogP contribution is -2.31. The Hall–Kier alpha value is -3.09. The van der Waals surface area contributed by atoms with Crippen LogP contribution in [-0.4, -0.2) is 29.2 Å². The van der Waals surface area contributed by atoms with Crippen molar-refractivity contribution in [3.8, 4) is 0 Å². The Morgan fingerprint density at radius 3 is 2.33 bits per heavy atom. The fraction of sp³-hybridized carbons (Fsp3) is 0.250. The van der Waals surface area contributed by atoms with Crippen LogP contribution in [0.3, 0.4) is 0 Å². The fourth-order valence-electron chi connectivity index (χ4n) is 2.97. The summed E-state index contributed by atoms with van der Waals surface area (Å²) in [7, 11) is 0. The van der Waals surface area contributed by atoms with E-state index in [4.69, 9.17) is 4.74 Å². The van der Waals surface area contributed by atoms with E-state index in [1.165, 1.54) is 6.92 Å². The van der Waals surface area contributed by atoms with Crippen molar-refractivity contribution in [3.63, 3.8) is 0 Å². The van der Waals surface area contributed by atoms with Crippen molar-refractivity contribution >= 4 is 17.8 Å². The molecule has 1 heterocycles. The van der Waals surface area contributed by atoms with Crippen LogP contribution in [0.5, 0.6) is 0 Å². The Kier molecular flexibility index (Phi) is 5.30. The van der Waals surface area contributed by atoms with E-state index in [9.17, 15) is 23.2 Å². The van der Waals surface area contributed by atoms with Crippen LogP contribution in [0.2, 0.25) is 0 Å². The molecule has 0 saturated carbocycles. The fourth-order valence-corrected chi connectivity index (χ4v) is 2.97. The summed E-state index contributed by atoms with van der Waals surface area (Å²) in [4.78, 5) is 37.5. The SMILES string of the molecule is CC(OC(=O)CCCN1C(=O)c2ccccc2C1=O)c1cc(F)ccc1F. The molecule has 2 amide bonds. The summed E-state index contributed by atoms with van der Waals surface area (Å²) in [6, 6.07) is 9.45. The van der Waals surface area contributed by atoms with E-state index in [1.54, 1.807) is 24.3 Å². The Morgan fingerprint density at radius 1 is 1.07 bits per heavy atom. The Labute approximate surface area is 154 Å². The van der Waals surface area contributed by atoms with Crippen LogP contribution in [0.15, 0.2) is 42.5 Å². The van der Waals surface area contributed by atoms with Gasteiger partial charge in [0.15, 0.2) is 0 Å². The first-order chi connectivity index (χ1) is 12.9. The van der Waals surface area contributed by atoms with E-state index < -0.39 is 23.7 Å². The van der Waals surface area contributed by atoms with Crippen LogP contribution in [0.1, 0.15) is 52.1 Å². The number of imide groups is 1. The van der Waals surface area contributed by atoms with Gasteiger partial charge in [-0.25, -0.2) is 8.78 Å². The highest BCUT2D eigenvalue weighted by Gasteiger charge is 2.34. The van der Waals surface area contributed by atoms with Gasteiger partial charge in [0.1, 0.15) is 17.7 Å². The van der Waals surface area contributed by atoms with Gasteiger partial charge in [0, 0.05) is 18.5 Å². The second kappa shape index (κ2) is 7.65. The number of rotatable bonds is 6. The second-order valence-electron chi connectivity index (χ2n) is 6.21. The van der Waals surface area contributed by atoms with E-state index in [0.717, 1.165) is 23.1 Å². The van der Waals surface area contributed by atoms with Gasteiger partial charge in [-0.05, 0) is 43.7 Å². The topological polar surface area (TPSA) is 63.7 Å². The molecule has 3 rings (SSSR count). The summed E-state index contributed by atoms with van der Waals surface area (Å²) in [6.45, 7) is 1.52. The molecule has 0 aromatic heterocycles. The van der Waals surface area contributed by atoms with Crippen LogP contribution >= 0.6 is 0 Å². The van der Waals surface area contributed by atoms with Gasteiger partial charge < -0.3 is 4.74 Å². The summed E-state index contributed by atoms with van der Waals surface area (Å²) in [5.74, 6) is -2.69. The van der Waals surface area contributed by atoms with Crippen molar-refractivity contribution < 1.29 is 27.9 Å². The molecule has 0 aliphatic carbocycles. The largest absolute Gasteiger partial charge is 0.458 e. The summed E-state index contributed by atoms with van der Waals surface area (Å²) in [5, 5.41) is 0. The molecule has 0 spiro atoms. The minimum absolute atomic E-state index is 0.0521. The van der Waals surface area contributed by atoms with E-state index in [0.29, 0.717) is 11.1 Å². The molecule has 1 unspecified atom stereocenters. The second-order valence-corrected chi connectivity index (χ2v) is 6.21. The maximum absolute atomic E-state index is 13.7. The van der Waals surface area contributed by atoms with Gasteiger partial charge in [0.25, 0.3) is 11.8 Å². The van der Waals surface area contributed by atoms with E-state index in [2.05, 4.69) is 0 Å². The molecular formula is C20H17F2NO4. The molecule has 0 radical (unpaired) electrons. The smallest absolute Gasteiger partial charge is 0.306 e. The van der Waals surface area contributed by atoms with E-state index in [-0.39, 0.29) is 36.8 Å². The molecule has 0 saturated heterocycles. The number of hydrogen-bond donors (Lipinski definition) is 0. The maximum atomic E-state index is 13.7. The predicted octanol–water partition coefficient (Wildman–Crippen LogP) is 3.65. The normalized spacial score (nSPS) is 14.3. The highest BCUT2D eigenvalue weighted by atomic mass is 19.1. The number of nitrogens with zero attached hydrogens (tertiary/aromatic N) is 1. The number of amides is 2. The molecule has 1 aliphatic heterocycles. The Balaban J connectivity index is 1.52. The van der Waals surface area contributed by atoms with Crippen molar-refractivity contribution in [2.45, 2.75) is 25.9 Å². The lowest BCUT2D eigenvalue weighted by atomic mass is 10.1. The average Bonchev–Trinajstić information content (AvgIpc) is 2.89. The third kappa shape index (κ3) is 3.86. The quantitative estimate of drug-likeness (QED) is 0.573. The standard InChI is InChI=1S/C20H17F2NO4/c1-12(16-11-13(21)8-9-17(16)22)27-18(24)7-4-10-23-19(25)14-5-2-3-6-15(14)20(23)26/h2-3,5-6,8-9,11-12H,4,7,10H2,1H3. The Morgan fingerprint density at radius 2 is 1.70 bits per heavy atom. The van der Waals surface area contributed by atoms with Crippen LogP contribution in [0.4, 0.5) is 8.78 Å². The molecule has 140 valence electrons. The first-order valence-corrected chi connectivity index (χ1v) is 8.48. The number of halogens is 2. The lowest BCUT2D eigenvalue weighted by Gasteiger charge is -2.16. The van der Waals surface area contributed by atoms with Crippen LogP contribution in [0, 0.1) is 11.6 Å². The third-order valence-corrected chi connectivity index (χ3v) is 4.35. The van der Waals surface area contributed by atoms with Crippen molar-refractivity contribution in [1.29, 1.82) is 0 Å². The molecule has 5 nitrogen and oxygen atoms in total. The molecule has 7 heteroatoms. The highest BCUT2D eigenvalue weighted by molar-refractivity contribution is 6.21. The number of benzene rings is 2. The summed E-state index contributed by atoms with van der Waals surface area (Å²) in [5.41, 5.74) is 0.643. The summed E-state index contributed by atoms with van der Waals surface area (Å²) in [6.07, 6.45) is -0.801. The molecule has 2 aromatic rings. The predicted molar refractivity (Wildman–Crippen MR) is 91.9 cm³/mol. The zero-order valence-electron chi connectivity index (χ0n) is 14.6. The number of ether oxygens (including phenoxy) is 1. The molecule has 1 atom stereocenters. The van der Waals surface area contributed by atoms with Crippen LogP contribution < -0.4 is 0 Å². The first-order valence-electron chi connectivity index (χ1n) is 8.48. The summed E-state index contributed by atoms with van der Waals surface area (Å²) < 4.78 is 32.1. The number of carbonyl (C=O) groups is 3. The zero-order valence-corrected chi connectivity index (χ0v) is 14.6. The maximum Gasteiger partial charge on any atom is 0.306 e. The molecule has 1 aliphatic rings. The average molecular weight is 373 g/mol. The Bertz CT molecular complexity index is 878. The van der Waals surface area contributed by atoms with Crippen molar-refractivity contribution in [2.75, 3.05) is 6.54 Å². The number of esters is 1. The molecule has 0 bridgehead atoms. The van der Waals surface area contributed by atoms with Gasteiger partial charge in [-0.1, -0.05) is 12.1 Å². The molecule has 27 heavy (non-hydrogen) atoms. The first kappa shape index (κ1) is 18.7. The van der Waals surface area contributed by atoms with E-state index in [1.807, 2.05) is 0 Å². The molecular weight excluding hydrogens is 356 g/mol. The highest BCUT2D eigenvalue weighted by Crippen LogP contribution is 2.24. The van der Waals surface area contributed by atoms with Crippen molar-refractivity contribution in [2.24, 2.45) is 0 Å². The van der Waals surface area contributed by atoms with Crippen molar-refractivity contribution in [3.05, 3.63) is 70.8 Å². The lowest BCUT2D eigenvalue weighted by molar-refractivity contribution is -0.148. The minimum atomic E-state index is -0.951. The third-order valence-electron chi connectivity index (χ3n) is 4.35. The van der Waals surface area contributed by atoms with E-state index >= 15 is 0 Å². The van der Waals surface area contributed by atoms with Gasteiger partial charge in [0.2, 0.25) is 0 Å². The van der Waals surface area contributed by atoms with Crippen LogP contribution in [-0.2, 0) is 9.53 Å². The van der Waals surface area contributed by atoms with Crippen LogP contribution in [0.25, 0.3) is 0 Å². The zero-order chi connectivity index (χ0) is 19.6. The van der Waals surface area contributed by atoms with Crippen molar-refractivity contribution in [1.82, 2.24) is 4.90 Å². The van der Waals surface area contributed by atoms with Gasteiger partial charge in [0.05, 0.1) is 11.1 Å². The number of hydrogen-bond acceptors (Lipinski definition) is 4. The monoisotopic (exact) mass is 373 g/mol. The van der Waals surface area contributed by atoms with Gasteiger partial charge in [-0.2, -0.15) is 0 Å².